The summed E-state index contributed by atoms with van der Waals surface area (Å²) in [5.74, 6) is -0.385. The third-order valence-corrected chi connectivity index (χ3v) is 5.66. The minimum absolute atomic E-state index is 0.0500. The van der Waals surface area contributed by atoms with Gasteiger partial charge < -0.3 is 4.90 Å². The summed E-state index contributed by atoms with van der Waals surface area (Å²) in [6.07, 6.45) is 2.81. The molecule has 1 aromatic carbocycles. The predicted octanol–water partition coefficient (Wildman–Crippen LogP) is 3.98. The van der Waals surface area contributed by atoms with Gasteiger partial charge in [-0.1, -0.05) is 53.5 Å². The molecule has 1 aliphatic heterocycles. The quantitative estimate of drug-likeness (QED) is 0.750. The van der Waals surface area contributed by atoms with E-state index in [0.717, 1.165) is 24.8 Å². The molecule has 1 aliphatic carbocycles. The second-order valence-electron chi connectivity index (χ2n) is 5.58. The molecule has 1 heterocycles. The summed E-state index contributed by atoms with van der Waals surface area (Å²) >= 11 is 19.1. The van der Waals surface area contributed by atoms with Crippen molar-refractivity contribution in [3.05, 3.63) is 35.9 Å². The average molecular weight is 333 g/mol. The summed E-state index contributed by atoms with van der Waals surface area (Å²) in [5.41, 5.74) is 1.09. The summed E-state index contributed by atoms with van der Waals surface area (Å²) in [4.78, 5) is 14.4. The summed E-state index contributed by atoms with van der Waals surface area (Å²) in [6.45, 7) is 0.547. The van der Waals surface area contributed by atoms with E-state index in [4.69, 9.17) is 34.8 Å². The molecule has 1 amide bonds. The van der Waals surface area contributed by atoms with Gasteiger partial charge in [0.1, 0.15) is 0 Å². The van der Waals surface area contributed by atoms with E-state index in [1.165, 1.54) is 0 Å². The predicted molar refractivity (Wildman–Crippen MR) is 82.2 cm³/mol. The summed E-state index contributed by atoms with van der Waals surface area (Å²) < 4.78 is -1.38. The Kier molecular flexibility index (Phi) is 3.91. The van der Waals surface area contributed by atoms with Crippen LogP contribution in [0.25, 0.3) is 0 Å². The number of carbonyl (C=O) groups excluding carboxylic acids is 1. The number of hydrogen-bond donors (Lipinski definition) is 0. The Morgan fingerprint density at radius 2 is 1.90 bits per heavy atom. The number of alkyl halides is 3. The second-order valence-corrected chi connectivity index (χ2v) is 7.53. The minimum atomic E-state index is -1.38. The number of rotatable bonds is 2. The van der Waals surface area contributed by atoms with Gasteiger partial charge in [-0.25, -0.2) is 0 Å². The van der Waals surface area contributed by atoms with E-state index in [9.17, 15) is 4.79 Å². The fraction of sp³-hybridized carbons (Fsp3) is 0.533. The number of hydrogen-bond acceptors (Lipinski definition) is 1. The highest BCUT2D eigenvalue weighted by molar-refractivity contribution is 6.59. The molecule has 108 valence electrons. The van der Waals surface area contributed by atoms with Crippen molar-refractivity contribution in [2.45, 2.75) is 41.6 Å². The van der Waals surface area contributed by atoms with Crippen LogP contribution in [-0.2, 0) is 11.3 Å². The van der Waals surface area contributed by atoms with Gasteiger partial charge in [0.15, 0.2) is 0 Å². The molecule has 0 radical (unpaired) electrons. The standard InChI is InChI=1S/C15H16Cl3NO/c16-11-7-4-8-12-13(11)15(17,18)14(20)19(12)9-10-5-2-1-3-6-10/h1-3,5-6,11-13H,4,7-9H2/t11-,12-,13+/m0/s1. The van der Waals surface area contributed by atoms with E-state index >= 15 is 0 Å². The lowest BCUT2D eigenvalue weighted by Gasteiger charge is -2.35. The zero-order chi connectivity index (χ0) is 14.3. The van der Waals surface area contributed by atoms with Crippen molar-refractivity contribution in [3.8, 4) is 0 Å². The monoisotopic (exact) mass is 331 g/mol. The number of halogens is 3. The molecule has 2 aliphatic rings. The molecule has 3 atom stereocenters. The number of likely N-dealkylation sites (tertiary alicyclic amines) is 1. The molecule has 20 heavy (non-hydrogen) atoms. The van der Waals surface area contributed by atoms with E-state index in [2.05, 4.69) is 0 Å². The highest BCUT2D eigenvalue weighted by atomic mass is 35.5. The number of nitrogens with zero attached hydrogens (tertiary/aromatic N) is 1. The van der Waals surface area contributed by atoms with Crippen molar-refractivity contribution >= 4 is 40.7 Å². The molecule has 0 bridgehead atoms. The Labute approximate surface area is 134 Å². The van der Waals surface area contributed by atoms with Crippen molar-refractivity contribution in [2.24, 2.45) is 5.92 Å². The van der Waals surface area contributed by atoms with Crippen molar-refractivity contribution in [1.29, 1.82) is 0 Å². The maximum atomic E-state index is 12.5. The first-order valence-electron chi connectivity index (χ1n) is 6.88. The zero-order valence-corrected chi connectivity index (χ0v) is 13.2. The molecule has 3 rings (SSSR count). The van der Waals surface area contributed by atoms with Crippen LogP contribution in [0.4, 0.5) is 0 Å². The third-order valence-electron chi connectivity index (χ3n) is 4.34. The van der Waals surface area contributed by atoms with Crippen LogP contribution in [0.1, 0.15) is 24.8 Å². The van der Waals surface area contributed by atoms with Gasteiger partial charge in [0.05, 0.1) is 0 Å². The fourth-order valence-corrected chi connectivity index (χ4v) is 4.85. The molecule has 1 aromatic rings. The largest absolute Gasteiger partial charge is 0.332 e. The molecular formula is C15H16Cl3NO. The molecule has 5 heteroatoms. The molecule has 2 nitrogen and oxygen atoms in total. The van der Waals surface area contributed by atoms with Crippen molar-refractivity contribution in [1.82, 2.24) is 4.90 Å². The molecule has 0 N–H and O–H groups in total. The Hall–Kier alpha value is -0.440. The van der Waals surface area contributed by atoms with Crippen LogP contribution in [0, 0.1) is 5.92 Å². The lowest BCUT2D eigenvalue weighted by molar-refractivity contribution is -0.130. The van der Waals surface area contributed by atoms with Crippen LogP contribution >= 0.6 is 34.8 Å². The Morgan fingerprint density at radius 3 is 2.60 bits per heavy atom. The van der Waals surface area contributed by atoms with E-state index in [-0.39, 0.29) is 23.2 Å². The number of fused-ring (bicyclic) bond motifs is 1. The summed E-state index contributed by atoms with van der Waals surface area (Å²) in [6, 6.07) is 9.95. The Balaban J connectivity index is 1.89. The number of amides is 1. The molecule has 1 saturated carbocycles. The highest BCUT2D eigenvalue weighted by Gasteiger charge is 2.60. The minimum Gasteiger partial charge on any atom is -0.332 e. The van der Waals surface area contributed by atoms with Gasteiger partial charge in [0, 0.05) is 23.9 Å². The average Bonchev–Trinajstić information content (AvgIpc) is 2.62. The molecule has 1 saturated heterocycles. The van der Waals surface area contributed by atoms with Gasteiger partial charge in [-0.05, 0) is 24.8 Å². The number of carbonyl (C=O) groups is 1. The van der Waals surface area contributed by atoms with Crippen molar-refractivity contribution < 1.29 is 4.79 Å². The van der Waals surface area contributed by atoms with E-state index < -0.39 is 4.33 Å². The molecule has 0 aromatic heterocycles. The zero-order valence-electron chi connectivity index (χ0n) is 10.9. The van der Waals surface area contributed by atoms with Crippen LogP contribution < -0.4 is 0 Å². The first kappa shape index (κ1) is 14.5. The first-order chi connectivity index (χ1) is 9.51. The maximum Gasteiger partial charge on any atom is 0.260 e. The number of benzene rings is 1. The third kappa shape index (κ3) is 2.32. The highest BCUT2D eigenvalue weighted by Crippen LogP contribution is 2.51. The van der Waals surface area contributed by atoms with Gasteiger partial charge in [-0.2, -0.15) is 0 Å². The van der Waals surface area contributed by atoms with E-state index in [1.54, 1.807) is 0 Å². The Morgan fingerprint density at radius 1 is 1.20 bits per heavy atom. The fourth-order valence-electron chi connectivity index (χ4n) is 3.39. The normalized spacial score (nSPS) is 32.2. The first-order valence-corrected chi connectivity index (χ1v) is 8.08. The van der Waals surface area contributed by atoms with Crippen LogP contribution in [0.15, 0.2) is 30.3 Å². The maximum absolute atomic E-state index is 12.5. The van der Waals surface area contributed by atoms with Crippen LogP contribution in [0.2, 0.25) is 0 Å². The topological polar surface area (TPSA) is 20.3 Å². The van der Waals surface area contributed by atoms with Gasteiger partial charge in [0.25, 0.3) is 5.91 Å². The van der Waals surface area contributed by atoms with Crippen LogP contribution in [0.5, 0.6) is 0 Å². The molecule has 2 fully saturated rings. The lowest BCUT2D eigenvalue weighted by Crippen LogP contribution is -2.41. The Bertz CT molecular complexity index is 505. The van der Waals surface area contributed by atoms with Crippen LogP contribution in [-0.4, -0.2) is 26.6 Å². The van der Waals surface area contributed by atoms with Gasteiger partial charge >= 0.3 is 0 Å². The molecule has 0 unspecified atom stereocenters. The van der Waals surface area contributed by atoms with Crippen molar-refractivity contribution in [2.75, 3.05) is 0 Å². The van der Waals surface area contributed by atoms with Gasteiger partial charge in [-0.15, -0.1) is 11.6 Å². The second kappa shape index (κ2) is 5.40. The summed E-state index contributed by atoms with van der Waals surface area (Å²) in [7, 11) is 0. The van der Waals surface area contributed by atoms with Crippen molar-refractivity contribution in [3.63, 3.8) is 0 Å². The smallest absolute Gasteiger partial charge is 0.260 e. The van der Waals surface area contributed by atoms with Gasteiger partial charge in [-0.3, -0.25) is 4.79 Å². The van der Waals surface area contributed by atoms with Gasteiger partial charge in [0.2, 0.25) is 4.33 Å². The van der Waals surface area contributed by atoms with E-state index in [0.29, 0.717) is 6.54 Å². The van der Waals surface area contributed by atoms with Crippen LogP contribution in [0.3, 0.4) is 0 Å². The SMILES string of the molecule is O=C1N(Cc2ccccc2)[C@H]2CCC[C@H](Cl)[C@H]2C1(Cl)Cl. The molecule has 0 spiro atoms. The summed E-state index contributed by atoms with van der Waals surface area (Å²) in [5, 5.41) is -0.131. The van der Waals surface area contributed by atoms with E-state index in [1.807, 2.05) is 35.2 Å². The lowest BCUT2D eigenvalue weighted by atomic mass is 9.84. The molecular weight excluding hydrogens is 317 g/mol.